The van der Waals surface area contributed by atoms with E-state index in [0.29, 0.717) is 37.2 Å². The van der Waals surface area contributed by atoms with E-state index in [2.05, 4.69) is 29.3 Å². The minimum absolute atomic E-state index is 0.0900. The lowest BCUT2D eigenvalue weighted by molar-refractivity contribution is 0.0942. The van der Waals surface area contributed by atoms with Gasteiger partial charge in [-0.25, -0.2) is 0 Å². The molecule has 1 unspecified atom stereocenters. The topological polar surface area (TPSA) is 94.0 Å². The van der Waals surface area contributed by atoms with Gasteiger partial charge in [-0.05, 0) is 31.7 Å². The Labute approximate surface area is 107 Å². The first kappa shape index (κ1) is 14.6. The van der Waals surface area contributed by atoms with Gasteiger partial charge in [-0.3, -0.25) is 4.79 Å². The molecule has 1 rings (SSSR count). The number of rotatable bonds is 7. The molecule has 3 N–H and O–H groups in total. The molecule has 1 amide bonds. The van der Waals surface area contributed by atoms with Crippen molar-refractivity contribution in [3.63, 3.8) is 0 Å². The largest absolute Gasteiger partial charge is 0.349 e. The van der Waals surface area contributed by atoms with Gasteiger partial charge >= 0.3 is 0 Å². The predicted octanol–water partition coefficient (Wildman–Crippen LogP) is 0.983. The summed E-state index contributed by atoms with van der Waals surface area (Å²) in [5, 5.41) is 6.29. The first-order valence-corrected chi connectivity index (χ1v) is 6.37. The Bertz CT molecular complexity index is 376. The molecule has 0 spiro atoms. The van der Waals surface area contributed by atoms with Crippen LogP contribution in [0.2, 0.25) is 0 Å². The number of aromatic nitrogens is 2. The summed E-state index contributed by atoms with van der Waals surface area (Å²) in [7, 11) is 0. The van der Waals surface area contributed by atoms with Crippen molar-refractivity contribution in [1.29, 1.82) is 0 Å². The van der Waals surface area contributed by atoms with Crippen LogP contribution in [0.15, 0.2) is 4.52 Å². The van der Waals surface area contributed by atoms with Crippen LogP contribution < -0.4 is 11.1 Å². The van der Waals surface area contributed by atoms with E-state index >= 15 is 0 Å². The highest BCUT2D eigenvalue weighted by Gasteiger charge is 2.17. The molecular weight excluding hydrogens is 232 g/mol. The average molecular weight is 254 g/mol. The number of nitrogens with zero attached hydrogens (tertiary/aromatic N) is 2. The summed E-state index contributed by atoms with van der Waals surface area (Å²) < 4.78 is 5.07. The number of nitrogens with two attached hydrogens (primary N) is 1. The number of hydrogen-bond donors (Lipinski definition) is 2. The Balaban J connectivity index is 2.59. The van der Waals surface area contributed by atoms with Crippen molar-refractivity contribution in [2.24, 2.45) is 17.6 Å². The second-order valence-electron chi connectivity index (χ2n) is 4.81. The fourth-order valence-electron chi connectivity index (χ4n) is 1.85. The van der Waals surface area contributed by atoms with Gasteiger partial charge in [0.15, 0.2) is 0 Å². The van der Waals surface area contributed by atoms with Gasteiger partial charge in [-0.2, -0.15) is 4.98 Å². The molecule has 6 nitrogen and oxygen atoms in total. The number of hydrogen-bond acceptors (Lipinski definition) is 5. The number of carbonyl (C=O) groups excluding carboxylic acids is 1. The van der Waals surface area contributed by atoms with E-state index in [4.69, 9.17) is 10.3 Å². The molecule has 1 atom stereocenters. The van der Waals surface area contributed by atoms with Gasteiger partial charge in [-0.15, -0.1) is 0 Å². The van der Waals surface area contributed by atoms with Crippen molar-refractivity contribution in [1.82, 2.24) is 15.5 Å². The van der Waals surface area contributed by atoms with Crippen molar-refractivity contribution in [3.05, 3.63) is 11.7 Å². The molecule has 0 fully saturated rings. The minimum Gasteiger partial charge on any atom is -0.349 e. The van der Waals surface area contributed by atoms with E-state index in [1.807, 2.05) is 6.92 Å². The van der Waals surface area contributed by atoms with Crippen LogP contribution in [0.5, 0.6) is 0 Å². The van der Waals surface area contributed by atoms with Crippen LogP contribution in [-0.4, -0.2) is 29.1 Å². The Morgan fingerprint density at radius 3 is 2.78 bits per heavy atom. The molecule has 1 aromatic rings. The first-order valence-electron chi connectivity index (χ1n) is 6.37. The molecule has 1 heterocycles. The molecule has 0 radical (unpaired) electrons. The lowest BCUT2D eigenvalue weighted by Crippen LogP contribution is -2.24. The SMILES string of the molecule is CCNC(=O)c1noc(CC(CN)CC(C)C)n1. The summed E-state index contributed by atoms with van der Waals surface area (Å²) in [6.45, 7) is 7.26. The molecule has 6 heteroatoms. The van der Waals surface area contributed by atoms with Gasteiger partial charge in [0.1, 0.15) is 0 Å². The van der Waals surface area contributed by atoms with E-state index in [1.165, 1.54) is 0 Å². The molecule has 0 aliphatic rings. The Hall–Kier alpha value is -1.43. The van der Waals surface area contributed by atoms with E-state index in [-0.39, 0.29) is 11.7 Å². The van der Waals surface area contributed by atoms with Gasteiger partial charge in [0.25, 0.3) is 11.7 Å². The van der Waals surface area contributed by atoms with Crippen molar-refractivity contribution in [2.75, 3.05) is 13.1 Å². The van der Waals surface area contributed by atoms with Crippen molar-refractivity contribution < 1.29 is 9.32 Å². The second kappa shape index (κ2) is 7.10. The fourth-order valence-corrected chi connectivity index (χ4v) is 1.85. The van der Waals surface area contributed by atoms with Crippen LogP contribution in [0.3, 0.4) is 0 Å². The van der Waals surface area contributed by atoms with Crippen molar-refractivity contribution in [3.8, 4) is 0 Å². The number of amides is 1. The predicted molar refractivity (Wildman–Crippen MR) is 68.0 cm³/mol. The molecule has 0 bridgehead atoms. The lowest BCUT2D eigenvalue weighted by Gasteiger charge is -2.14. The van der Waals surface area contributed by atoms with Crippen LogP contribution in [0, 0.1) is 11.8 Å². The highest BCUT2D eigenvalue weighted by molar-refractivity contribution is 5.90. The molecular formula is C12H22N4O2. The van der Waals surface area contributed by atoms with E-state index in [9.17, 15) is 4.79 Å². The average Bonchev–Trinajstić information content (AvgIpc) is 2.76. The van der Waals surface area contributed by atoms with Gasteiger partial charge in [0, 0.05) is 13.0 Å². The number of nitrogens with one attached hydrogen (secondary N) is 1. The second-order valence-corrected chi connectivity index (χ2v) is 4.81. The third kappa shape index (κ3) is 4.44. The fraction of sp³-hybridized carbons (Fsp3) is 0.750. The Morgan fingerprint density at radius 2 is 2.22 bits per heavy atom. The van der Waals surface area contributed by atoms with Gasteiger partial charge in [-0.1, -0.05) is 19.0 Å². The molecule has 0 saturated carbocycles. The summed E-state index contributed by atoms with van der Waals surface area (Å²) in [6, 6.07) is 0. The molecule has 0 aliphatic carbocycles. The lowest BCUT2D eigenvalue weighted by atomic mass is 9.94. The molecule has 0 saturated heterocycles. The van der Waals surface area contributed by atoms with Crippen LogP contribution in [-0.2, 0) is 6.42 Å². The maximum absolute atomic E-state index is 11.5. The van der Waals surface area contributed by atoms with Crippen LogP contribution in [0.4, 0.5) is 0 Å². The summed E-state index contributed by atoms with van der Waals surface area (Å²) in [5.74, 6) is 1.15. The van der Waals surface area contributed by atoms with Crippen LogP contribution in [0.1, 0.15) is 43.7 Å². The molecule has 102 valence electrons. The number of carbonyl (C=O) groups is 1. The molecule has 1 aromatic heterocycles. The third-order valence-electron chi connectivity index (χ3n) is 2.61. The third-order valence-corrected chi connectivity index (χ3v) is 2.61. The van der Waals surface area contributed by atoms with Gasteiger partial charge in [0.05, 0.1) is 0 Å². The van der Waals surface area contributed by atoms with E-state index in [0.717, 1.165) is 6.42 Å². The summed E-state index contributed by atoms with van der Waals surface area (Å²) >= 11 is 0. The van der Waals surface area contributed by atoms with Crippen LogP contribution >= 0.6 is 0 Å². The van der Waals surface area contributed by atoms with Gasteiger partial charge < -0.3 is 15.6 Å². The minimum atomic E-state index is -0.305. The van der Waals surface area contributed by atoms with Crippen LogP contribution in [0.25, 0.3) is 0 Å². The summed E-state index contributed by atoms with van der Waals surface area (Å²) in [4.78, 5) is 15.5. The quantitative estimate of drug-likeness (QED) is 0.756. The standard InChI is InChI=1S/C12H22N4O2/c1-4-14-12(17)11-15-10(18-16-11)6-9(7-13)5-8(2)3/h8-9H,4-7,13H2,1-3H3,(H,14,17). The normalized spacial score (nSPS) is 12.7. The molecule has 0 aliphatic heterocycles. The van der Waals surface area contributed by atoms with Gasteiger partial charge in [0.2, 0.25) is 5.89 Å². The maximum Gasteiger partial charge on any atom is 0.292 e. The summed E-state index contributed by atoms with van der Waals surface area (Å²) in [6.07, 6.45) is 1.64. The Morgan fingerprint density at radius 1 is 1.50 bits per heavy atom. The van der Waals surface area contributed by atoms with E-state index < -0.39 is 0 Å². The van der Waals surface area contributed by atoms with E-state index in [1.54, 1.807) is 0 Å². The monoisotopic (exact) mass is 254 g/mol. The Kier molecular flexibility index (Phi) is 5.77. The van der Waals surface area contributed by atoms with Crippen molar-refractivity contribution in [2.45, 2.75) is 33.6 Å². The zero-order valence-corrected chi connectivity index (χ0v) is 11.3. The highest BCUT2D eigenvalue weighted by atomic mass is 16.5. The molecule has 18 heavy (non-hydrogen) atoms. The first-order chi connectivity index (χ1) is 8.56. The summed E-state index contributed by atoms with van der Waals surface area (Å²) in [5.41, 5.74) is 5.71. The zero-order chi connectivity index (χ0) is 13.5. The highest BCUT2D eigenvalue weighted by Crippen LogP contribution is 2.15. The molecule has 0 aromatic carbocycles. The van der Waals surface area contributed by atoms with Crippen molar-refractivity contribution >= 4 is 5.91 Å². The smallest absolute Gasteiger partial charge is 0.292 e. The maximum atomic E-state index is 11.5. The zero-order valence-electron chi connectivity index (χ0n) is 11.3.